The Bertz CT molecular complexity index is 1420. The first-order chi connectivity index (χ1) is 22.6. The van der Waals surface area contributed by atoms with E-state index in [0.717, 1.165) is 74.3 Å². The average Bonchev–Trinajstić information content (AvgIpc) is 3.71. The maximum absolute atomic E-state index is 12.4. The molecule has 0 bridgehead atoms. The van der Waals surface area contributed by atoms with Gasteiger partial charge in [0.15, 0.2) is 0 Å². The summed E-state index contributed by atoms with van der Waals surface area (Å²) in [5.74, 6) is 1.94. The zero-order valence-electron chi connectivity index (χ0n) is 27.6. The number of aromatic nitrogens is 4. The van der Waals surface area contributed by atoms with Crippen LogP contribution in [0.4, 0.5) is 13.2 Å². The summed E-state index contributed by atoms with van der Waals surface area (Å²) in [5, 5.41) is 26.2. The number of fused-ring (bicyclic) bond motifs is 1. The molecule has 13 heteroatoms. The van der Waals surface area contributed by atoms with Gasteiger partial charge in [-0.2, -0.15) is 23.4 Å². The molecule has 258 valence electrons. The second kappa shape index (κ2) is 14.7. The van der Waals surface area contributed by atoms with Crippen molar-refractivity contribution in [1.29, 1.82) is 0 Å². The molecule has 0 amide bonds. The highest BCUT2D eigenvalue weighted by Crippen LogP contribution is 2.31. The van der Waals surface area contributed by atoms with Crippen LogP contribution in [0.1, 0.15) is 94.8 Å². The number of alkyl halides is 3. The summed E-state index contributed by atoms with van der Waals surface area (Å²) in [6, 6.07) is 0.310. The highest BCUT2D eigenvalue weighted by molar-refractivity contribution is 5.75. The topological polar surface area (TPSA) is 105 Å². The fourth-order valence-corrected chi connectivity index (χ4v) is 6.93. The molecule has 4 aliphatic rings. The van der Waals surface area contributed by atoms with Crippen molar-refractivity contribution in [3.8, 4) is 0 Å². The number of nitrogens with zero attached hydrogens (tertiary/aromatic N) is 6. The third kappa shape index (κ3) is 8.43. The molecule has 10 nitrogen and oxygen atoms in total. The van der Waals surface area contributed by atoms with E-state index in [1.54, 1.807) is 0 Å². The van der Waals surface area contributed by atoms with Crippen LogP contribution < -0.4 is 10.6 Å². The van der Waals surface area contributed by atoms with Crippen molar-refractivity contribution in [3.63, 3.8) is 0 Å². The number of hydrogen-bond donors (Lipinski definition) is 3. The Labute approximate surface area is 275 Å². The van der Waals surface area contributed by atoms with Crippen molar-refractivity contribution in [2.45, 2.75) is 115 Å². The second-order valence-electron chi connectivity index (χ2n) is 13.8. The van der Waals surface area contributed by atoms with E-state index in [0.29, 0.717) is 18.4 Å². The van der Waals surface area contributed by atoms with Crippen molar-refractivity contribution < 1.29 is 23.0 Å². The Kier molecular flexibility index (Phi) is 10.7. The first kappa shape index (κ1) is 34.0. The van der Waals surface area contributed by atoms with Gasteiger partial charge in [0.05, 0.1) is 30.7 Å². The molecule has 2 fully saturated rings. The highest BCUT2D eigenvalue weighted by Gasteiger charge is 2.35. The molecule has 0 radical (unpaired) electrons. The van der Waals surface area contributed by atoms with Crippen molar-refractivity contribution >= 4 is 11.8 Å². The maximum Gasteiger partial charge on any atom is 0.401 e. The molecule has 5 heterocycles. The van der Waals surface area contributed by atoms with Crippen molar-refractivity contribution in [2.75, 3.05) is 19.6 Å². The predicted octanol–water partition coefficient (Wildman–Crippen LogP) is 5.20. The summed E-state index contributed by atoms with van der Waals surface area (Å²) in [4.78, 5) is 6.94. The van der Waals surface area contributed by atoms with Gasteiger partial charge in [-0.1, -0.05) is 51.8 Å². The molecule has 47 heavy (non-hydrogen) atoms. The van der Waals surface area contributed by atoms with Gasteiger partial charge in [-0.15, -0.1) is 0 Å². The number of hydrogen-bond acceptors (Lipinski definition) is 8. The first-order valence-electron chi connectivity index (χ1n) is 17.2. The Hall–Kier alpha value is -2.84. The molecule has 7 atom stereocenters. The zero-order chi connectivity index (χ0) is 33.1. The fraction of sp³-hybridized carbons (Fsp3) is 0.676. The molecule has 6 rings (SSSR count). The minimum absolute atomic E-state index is 0.00554. The number of rotatable bonds is 13. The van der Waals surface area contributed by atoms with Crippen LogP contribution in [0.5, 0.6) is 0 Å². The summed E-state index contributed by atoms with van der Waals surface area (Å²) in [6.45, 7) is 7.37. The van der Waals surface area contributed by atoms with Gasteiger partial charge in [0, 0.05) is 50.3 Å². The van der Waals surface area contributed by atoms with Crippen LogP contribution in [0, 0.1) is 11.8 Å². The van der Waals surface area contributed by atoms with E-state index in [4.69, 9.17) is 19.9 Å². The van der Waals surface area contributed by atoms with E-state index in [1.807, 2.05) is 23.3 Å². The van der Waals surface area contributed by atoms with Crippen LogP contribution in [0.25, 0.3) is 5.57 Å². The number of aliphatic hydroxyl groups excluding tert-OH is 1. The Morgan fingerprint density at radius 1 is 1.13 bits per heavy atom. The fourth-order valence-electron chi connectivity index (χ4n) is 6.93. The lowest BCUT2D eigenvalue weighted by Gasteiger charge is -2.39. The van der Waals surface area contributed by atoms with Crippen LogP contribution in [0.3, 0.4) is 0 Å². The predicted molar refractivity (Wildman–Crippen MR) is 174 cm³/mol. The van der Waals surface area contributed by atoms with Crippen LogP contribution in [-0.4, -0.2) is 86.2 Å². The highest BCUT2D eigenvalue weighted by atomic mass is 19.4. The van der Waals surface area contributed by atoms with Crippen LogP contribution in [0.2, 0.25) is 0 Å². The SMILES string of the molecule is CCC(C)CCC(C)C(O)N1CCC(n2cc(C3C=Nn4c(C5=CC(NC6CC(NCC(F)(F)F)O6)CC=C5)cnc4C3)cn2)CC1. The van der Waals surface area contributed by atoms with Crippen molar-refractivity contribution in [2.24, 2.45) is 16.9 Å². The van der Waals surface area contributed by atoms with Gasteiger partial charge in [0.1, 0.15) is 24.5 Å². The van der Waals surface area contributed by atoms with E-state index < -0.39 is 18.9 Å². The summed E-state index contributed by atoms with van der Waals surface area (Å²) in [5.41, 5.74) is 3.01. The van der Waals surface area contributed by atoms with E-state index in [9.17, 15) is 18.3 Å². The van der Waals surface area contributed by atoms with Crippen LogP contribution in [-0.2, 0) is 11.2 Å². The number of aliphatic hydroxyl groups is 1. The number of allylic oxidation sites excluding steroid dienone is 2. The largest absolute Gasteiger partial charge is 0.401 e. The maximum atomic E-state index is 12.4. The smallest absolute Gasteiger partial charge is 0.378 e. The molecule has 2 aromatic rings. The van der Waals surface area contributed by atoms with Crippen molar-refractivity contribution in [3.05, 3.63) is 53.9 Å². The van der Waals surface area contributed by atoms with Gasteiger partial charge in [-0.3, -0.25) is 20.2 Å². The molecule has 2 saturated heterocycles. The van der Waals surface area contributed by atoms with Crippen LogP contribution in [0.15, 0.2) is 41.9 Å². The molecule has 3 N–H and O–H groups in total. The summed E-state index contributed by atoms with van der Waals surface area (Å²) < 4.78 is 46.8. The number of imidazole rings is 1. The molecule has 0 aromatic carbocycles. The van der Waals surface area contributed by atoms with E-state index in [1.165, 1.54) is 6.42 Å². The molecule has 3 aliphatic heterocycles. The quantitative estimate of drug-likeness (QED) is 0.272. The Morgan fingerprint density at radius 3 is 2.66 bits per heavy atom. The number of ether oxygens (including phenoxy) is 1. The van der Waals surface area contributed by atoms with Gasteiger partial charge in [0.25, 0.3) is 0 Å². The zero-order valence-corrected chi connectivity index (χ0v) is 27.6. The molecular weight excluding hydrogens is 609 g/mol. The van der Waals surface area contributed by atoms with Crippen LogP contribution >= 0.6 is 0 Å². The van der Waals surface area contributed by atoms with Gasteiger partial charge in [0.2, 0.25) is 0 Å². The summed E-state index contributed by atoms with van der Waals surface area (Å²) in [7, 11) is 0. The lowest BCUT2D eigenvalue weighted by atomic mass is 9.94. The number of halogens is 3. The Balaban J connectivity index is 0.996. The van der Waals surface area contributed by atoms with E-state index in [2.05, 4.69) is 65.4 Å². The third-order valence-corrected chi connectivity index (χ3v) is 10.2. The minimum atomic E-state index is -4.25. The van der Waals surface area contributed by atoms with Gasteiger partial charge >= 0.3 is 6.18 Å². The minimum Gasteiger partial charge on any atom is -0.378 e. The number of piperidine rings is 1. The van der Waals surface area contributed by atoms with Crippen molar-refractivity contribution in [1.82, 2.24) is 35.0 Å². The van der Waals surface area contributed by atoms with E-state index >= 15 is 0 Å². The van der Waals surface area contributed by atoms with E-state index in [-0.39, 0.29) is 30.3 Å². The number of likely N-dealkylation sites (tertiary alicyclic amines) is 1. The standard InChI is InChI=1S/C34H49F3N8O2/c1-4-22(2)8-9-23(3)33(46)43-12-10-28(11-13-43)44-20-26(18-40-44)25-15-30-38-19-29(45(30)41-17-25)24-6-5-7-27(14-24)42-32-16-31(47-32)39-21-34(35,36)37/h5-6,14,17-20,22-23,25,27-28,31-33,39,42,46H,4,7-13,15-16,21H2,1-3H3. The average molecular weight is 659 g/mol. The summed E-state index contributed by atoms with van der Waals surface area (Å²) >= 11 is 0. The molecule has 2 aromatic heterocycles. The van der Waals surface area contributed by atoms with Gasteiger partial charge < -0.3 is 9.84 Å². The summed E-state index contributed by atoms with van der Waals surface area (Å²) in [6.07, 6.45) is 15.9. The molecule has 0 spiro atoms. The lowest BCUT2D eigenvalue weighted by molar-refractivity contribution is -0.181. The number of nitrogens with one attached hydrogen (secondary N) is 2. The second-order valence-corrected chi connectivity index (χ2v) is 13.8. The normalized spacial score (nSPS) is 27.3. The molecular formula is C34H49F3N8O2. The molecule has 7 unspecified atom stereocenters. The third-order valence-electron chi connectivity index (χ3n) is 10.2. The first-order valence-corrected chi connectivity index (χ1v) is 17.2. The Morgan fingerprint density at radius 2 is 1.91 bits per heavy atom. The van der Waals surface area contributed by atoms with Gasteiger partial charge in [-0.05, 0) is 48.7 Å². The lowest BCUT2D eigenvalue weighted by Crippen LogP contribution is -2.56. The molecule has 0 saturated carbocycles. The monoisotopic (exact) mass is 658 g/mol. The van der Waals surface area contributed by atoms with Gasteiger partial charge in [-0.25, -0.2) is 9.66 Å². The molecule has 1 aliphatic carbocycles.